The van der Waals surface area contributed by atoms with Crippen molar-refractivity contribution in [3.05, 3.63) is 51.9 Å². The number of hydrogen-bond donors (Lipinski definition) is 2. The van der Waals surface area contributed by atoms with Crippen molar-refractivity contribution in [2.75, 3.05) is 0 Å². The molecule has 6 heteroatoms. The summed E-state index contributed by atoms with van der Waals surface area (Å²) in [6.07, 6.45) is 0.753. The van der Waals surface area contributed by atoms with Crippen LogP contribution in [0.2, 0.25) is 0 Å². The van der Waals surface area contributed by atoms with E-state index < -0.39 is 6.10 Å². The van der Waals surface area contributed by atoms with Crippen LogP contribution >= 0.6 is 11.8 Å². The lowest BCUT2D eigenvalue weighted by Crippen LogP contribution is -2.05. The minimum absolute atomic E-state index is 0.243. The monoisotopic (exact) mass is 273 g/mol. The van der Waals surface area contributed by atoms with Crippen LogP contribution in [-0.4, -0.2) is 15.1 Å². The molecule has 0 aliphatic heterocycles. The van der Waals surface area contributed by atoms with Gasteiger partial charge in [0, 0.05) is 17.2 Å². The maximum absolute atomic E-state index is 11.2. The third-order valence-electron chi connectivity index (χ3n) is 2.45. The average molecular weight is 273 g/mol. The molecule has 1 aromatic carbocycles. The Morgan fingerprint density at radius 3 is 2.89 bits per heavy atom. The van der Waals surface area contributed by atoms with Crippen molar-refractivity contribution in [2.24, 2.45) is 0 Å². The lowest BCUT2D eigenvalue weighted by molar-refractivity contribution is 0.196. The van der Waals surface area contributed by atoms with Gasteiger partial charge >= 0.3 is 0 Å². The second-order valence-corrected chi connectivity index (χ2v) is 4.91. The van der Waals surface area contributed by atoms with Crippen LogP contribution in [0.4, 0.5) is 0 Å². The molecule has 1 heterocycles. The Morgan fingerprint density at radius 1 is 1.47 bits per heavy atom. The van der Waals surface area contributed by atoms with Crippen molar-refractivity contribution in [3.63, 3.8) is 0 Å². The number of benzene rings is 1. The van der Waals surface area contributed by atoms with Crippen LogP contribution in [-0.2, 0) is 0 Å². The fourth-order valence-electron chi connectivity index (χ4n) is 1.55. The highest BCUT2D eigenvalue weighted by atomic mass is 32.2. The molecule has 19 heavy (non-hydrogen) atoms. The van der Waals surface area contributed by atoms with Crippen LogP contribution in [0.25, 0.3) is 0 Å². The average Bonchev–Trinajstić information content (AvgIpc) is 2.38. The summed E-state index contributed by atoms with van der Waals surface area (Å²) in [4.78, 5) is 18.5. The molecule has 0 saturated heterocycles. The van der Waals surface area contributed by atoms with Gasteiger partial charge in [-0.3, -0.25) is 4.79 Å². The summed E-state index contributed by atoms with van der Waals surface area (Å²) in [5.41, 5.74) is 0.938. The van der Waals surface area contributed by atoms with Crippen molar-refractivity contribution in [3.8, 4) is 6.07 Å². The van der Waals surface area contributed by atoms with E-state index in [4.69, 9.17) is 5.26 Å². The smallest absolute Gasteiger partial charge is 0.251 e. The molecule has 1 aromatic heterocycles. The predicted molar refractivity (Wildman–Crippen MR) is 70.8 cm³/mol. The van der Waals surface area contributed by atoms with E-state index in [9.17, 15) is 9.90 Å². The third kappa shape index (κ3) is 3.22. The maximum Gasteiger partial charge on any atom is 0.251 e. The molecule has 2 rings (SSSR count). The summed E-state index contributed by atoms with van der Waals surface area (Å²) in [5, 5.41) is 19.0. The van der Waals surface area contributed by atoms with Gasteiger partial charge in [-0.1, -0.05) is 17.8 Å². The first kappa shape index (κ1) is 13.3. The Morgan fingerprint density at radius 2 is 2.26 bits per heavy atom. The second kappa shape index (κ2) is 5.69. The van der Waals surface area contributed by atoms with Crippen molar-refractivity contribution in [1.29, 1.82) is 5.26 Å². The standard InChI is InChI=1S/C13H11N3O2S/c1-8(17)10-3-2-9(7-14)6-11(10)19-13-15-5-4-12(18)16-13/h2-6,8,17H,1H3,(H,15,16,18)/t8-/m0/s1. The first-order chi connectivity index (χ1) is 9.10. The Kier molecular flexibility index (Phi) is 4.00. The first-order valence-electron chi connectivity index (χ1n) is 5.55. The Labute approximate surface area is 113 Å². The van der Waals surface area contributed by atoms with Gasteiger partial charge in [0.2, 0.25) is 0 Å². The molecular weight excluding hydrogens is 262 g/mol. The minimum atomic E-state index is -0.661. The predicted octanol–water partition coefficient (Wildman–Crippen LogP) is 1.85. The lowest BCUT2D eigenvalue weighted by Gasteiger charge is -2.11. The molecule has 0 radical (unpaired) electrons. The number of aliphatic hydroxyl groups excluding tert-OH is 1. The van der Waals surface area contributed by atoms with E-state index in [1.54, 1.807) is 25.1 Å². The Balaban J connectivity index is 2.43. The maximum atomic E-state index is 11.2. The summed E-state index contributed by atoms with van der Waals surface area (Å²) in [6, 6.07) is 8.38. The fourth-order valence-corrected chi connectivity index (χ4v) is 2.56. The van der Waals surface area contributed by atoms with E-state index in [0.717, 1.165) is 0 Å². The number of H-pyrrole nitrogens is 1. The van der Waals surface area contributed by atoms with Crippen LogP contribution in [0, 0.1) is 11.3 Å². The number of rotatable bonds is 3. The van der Waals surface area contributed by atoms with Gasteiger partial charge in [0.25, 0.3) is 5.56 Å². The first-order valence-corrected chi connectivity index (χ1v) is 6.37. The quantitative estimate of drug-likeness (QED) is 0.833. The molecule has 96 valence electrons. The fraction of sp³-hybridized carbons (Fsp3) is 0.154. The highest BCUT2D eigenvalue weighted by Gasteiger charge is 2.11. The van der Waals surface area contributed by atoms with E-state index in [1.165, 1.54) is 24.0 Å². The molecule has 0 amide bonds. The minimum Gasteiger partial charge on any atom is -0.389 e. The molecule has 0 spiro atoms. The highest BCUT2D eigenvalue weighted by molar-refractivity contribution is 7.99. The topological polar surface area (TPSA) is 89.8 Å². The molecule has 2 N–H and O–H groups in total. The molecular formula is C13H11N3O2S. The Hall–Kier alpha value is -2.10. The normalized spacial score (nSPS) is 11.8. The largest absolute Gasteiger partial charge is 0.389 e. The Bertz CT molecular complexity index is 689. The molecule has 5 nitrogen and oxygen atoms in total. The van der Waals surface area contributed by atoms with Gasteiger partial charge in [-0.15, -0.1) is 0 Å². The van der Waals surface area contributed by atoms with Gasteiger partial charge in [-0.25, -0.2) is 4.98 Å². The van der Waals surface area contributed by atoms with Gasteiger partial charge in [0.1, 0.15) is 0 Å². The summed E-state index contributed by atoms with van der Waals surface area (Å²) in [5.74, 6) is 0. The molecule has 0 aliphatic carbocycles. The summed E-state index contributed by atoms with van der Waals surface area (Å²) in [6.45, 7) is 1.65. The zero-order chi connectivity index (χ0) is 13.8. The molecule has 0 bridgehead atoms. The number of hydrogen-bond acceptors (Lipinski definition) is 5. The highest BCUT2D eigenvalue weighted by Crippen LogP contribution is 2.31. The lowest BCUT2D eigenvalue weighted by atomic mass is 10.1. The third-order valence-corrected chi connectivity index (χ3v) is 3.42. The number of aliphatic hydroxyl groups is 1. The molecule has 2 aromatic rings. The van der Waals surface area contributed by atoms with Gasteiger partial charge < -0.3 is 10.1 Å². The van der Waals surface area contributed by atoms with Crippen LogP contribution < -0.4 is 5.56 Å². The van der Waals surface area contributed by atoms with Crippen molar-refractivity contribution >= 4 is 11.8 Å². The second-order valence-electron chi connectivity index (χ2n) is 3.88. The number of aromatic nitrogens is 2. The SMILES string of the molecule is C[C@H](O)c1ccc(C#N)cc1Sc1nccc(=O)[nH]1. The van der Waals surface area contributed by atoms with Crippen molar-refractivity contribution < 1.29 is 5.11 Å². The number of aromatic amines is 1. The molecule has 0 aliphatic rings. The molecule has 0 unspecified atom stereocenters. The van der Waals surface area contributed by atoms with E-state index in [1.807, 2.05) is 6.07 Å². The van der Waals surface area contributed by atoms with Crippen LogP contribution in [0.5, 0.6) is 0 Å². The van der Waals surface area contributed by atoms with E-state index in [0.29, 0.717) is 21.2 Å². The molecule has 1 atom stereocenters. The van der Waals surface area contributed by atoms with E-state index in [2.05, 4.69) is 9.97 Å². The van der Waals surface area contributed by atoms with E-state index in [-0.39, 0.29) is 5.56 Å². The number of nitrogens with zero attached hydrogens (tertiary/aromatic N) is 2. The number of nitrogens with one attached hydrogen (secondary N) is 1. The van der Waals surface area contributed by atoms with Gasteiger partial charge in [-0.05, 0) is 24.6 Å². The van der Waals surface area contributed by atoms with Crippen LogP contribution in [0.15, 0.2) is 45.3 Å². The van der Waals surface area contributed by atoms with Crippen LogP contribution in [0.3, 0.4) is 0 Å². The summed E-state index contributed by atoms with van der Waals surface area (Å²) >= 11 is 1.21. The van der Waals surface area contributed by atoms with Gasteiger partial charge in [0.05, 0.1) is 17.7 Å². The van der Waals surface area contributed by atoms with Crippen LogP contribution in [0.1, 0.15) is 24.2 Å². The number of nitriles is 1. The summed E-state index contributed by atoms with van der Waals surface area (Å²) < 4.78 is 0. The molecule has 0 saturated carbocycles. The zero-order valence-electron chi connectivity index (χ0n) is 10.1. The van der Waals surface area contributed by atoms with Crippen molar-refractivity contribution in [1.82, 2.24) is 9.97 Å². The van der Waals surface area contributed by atoms with Gasteiger partial charge in [0.15, 0.2) is 5.16 Å². The summed E-state index contributed by atoms with van der Waals surface area (Å²) in [7, 11) is 0. The van der Waals surface area contributed by atoms with Crippen molar-refractivity contribution in [2.45, 2.75) is 23.1 Å². The van der Waals surface area contributed by atoms with Gasteiger partial charge in [-0.2, -0.15) is 5.26 Å². The zero-order valence-corrected chi connectivity index (χ0v) is 10.9. The van der Waals surface area contributed by atoms with E-state index >= 15 is 0 Å². The molecule has 0 fully saturated rings.